The summed E-state index contributed by atoms with van der Waals surface area (Å²) in [5.41, 5.74) is 7.03. The minimum Gasteiger partial charge on any atom is -0.392 e. The average molecular weight is 291 g/mol. The molecule has 0 aromatic heterocycles. The van der Waals surface area contributed by atoms with Crippen molar-refractivity contribution in [2.45, 2.75) is 25.7 Å². The molecule has 1 aromatic carbocycles. The first-order valence-corrected chi connectivity index (χ1v) is 7.25. The Morgan fingerprint density at radius 1 is 1.25 bits per heavy atom. The topological polar surface area (TPSA) is 58.4 Å². The average Bonchev–Trinajstić information content (AvgIpc) is 2.90. The second-order valence-electron chi connectivity index (χ2n) is 5.55. The molecule has 0 heterocycles. The van der Waals surface area contributed by atoms with E-state index in [4.69, 9.17) is 18.0 Å². The van der Waals surface area contributed by atoms with Gasteiger partial charge in [-0.1, -0.05) is 25.1 Å². The first-order chi connectivity index (χ1) is 9.45. The monoisotopic (exact) mass is 291 g/mol. The molecule has 20 heavy (non-hydrogen) atoms. The van der Waals surface area contributed by atoms with E-state index in [-0.39, 0.29) is 5.91 Å². The molecule has 4 nitrogen and oxygen atoms in total. The van der Waals surface area contributed by atoms with Crippen LogP contribution >= 0.6 is 12.2 Å². The first-order valence-electron chi connectivity index (χ1n) is 6.84. The van der Waals surface area contributed by atoms with Gasteiger partial charge in [0.1, 0.15) is 0 Å². The molecular weight excluding hydrogens is 270 g/mol. The quantitative estimate of drug-likeness (QED) is 0.837. The van der Waals surface area contributed by atoms with Gasteiger partial charge in [0.25, 0.3) is 0 Å². The van der Waals surface area contributed by atoms with Crippen molar-refractivity contribution < 1.29 is 4.79 Å². The zero-order valence-electron chi connectivity index (χ0n) is 12.0. The molecule has 1 amide bonds. The van der Waals surface area contributed by atoms with E-state index < -0.39 is 5.41 Å². The lowest BCUT2D eigenvalue weighted by Gasteiger charge is -2.26. The van der Waals surface area contributed by atoms with E-state index >= 15 is 0 Å². The Kier molecular flexibility index (Phi) is 4.28. The Bertz CT molecular complexity index is 504. The van der Waals surface area contributed by atoms with Gasteiger partial charge in [0.2, 0.25) is 5.91 Å². The summed E-state index contributed by atoms with van der Waals surface area (Å²) in [6.45, 7) is 0. The van der Waals surface area contributed by atoms with E-state index in [1.54, 1.807) is 0 Å². The number of nitrogens with one attached hydrogen (secondary N) is 1. The highest BCUT2D eigenvalue weighted by molar-refractivity contribution is 7.80. The molecule has 2 rings (SSSR count). The molecule has 0 unspecified atom stereocenters. The molecule has 1 aliphatic rings. The van der Waals surface area contributed by atoms with Gasteiger partial charge in [0, 0.05) is 25.5 Å². The van der Waals surface area contributed by atoms with Crippen molar-refractivity contribution >= 4 is 34.5 Å². The predicted molar refractivity (Wildman–Crippen MR) is 87.1 cm³/mol. The number of carbonyl (C=O) groups excluding carboxylic acids is 1. The fraction of sp³-hybridized carbons (Fsp3) is 0.467. The standard InChI is InChI=1S/C15H21N3OS/c1-18(2)12-7-5-11(6-8-12)17-14(19)15(13(16)20)9-3-4-10-15/h5-8H,3-4,9-10H2,1-2H3,(H2,16,20)(H,17,19). The molecule has 3 N–H and O–H groups in total. The maximum Gasteiger partial charge on any atom is 0.237 e. The highest BCUT2D eigenvalue weighted by Gasteiger charge is 2.43. The molecule has 1 aromatic rings. The van der Waals surface area contributed by atoms with Gasteiger partial charge in [-0.05, 0) is 37.1 Å². The molecule has 1 aliphatic carbocycles. The van der Waals surface area contributed by atoms with Gasteiger partial charge in [-0.25, -0.2) is 0 Å². The van der Waals surface area contributed by atoms with Gasteiger partial charge < -0.3 is 16.0 Å². The Labute approximate surface area is 125 Å². The number of thiocarbonyl (C=S) groups is 1. The van der Waals surface area contributed by atoms with Crippen LogP contribution in [0.3, 0.4) is 0 Å². The zero-order chi connectivity index (χ0) is 14.8. The number of nitrogens with zero attached hydrogens (tertiary/aromatic N) is 1. The van der Waals surface area contributed by atoms with Crippen LogP contribution in [0.2, 0.25) is 0 Å². The number of hydrogen-bond donors (Lipinski definition) is 2. The summed E-state index contributed by atoms with van der Waals surface area (Å²) in [5, 5.41) is 2.95. The van der Waals surface area contributed by atoms with Crippen molar-refractivity contribution in [2.24, 2.45) is 11.1 Å². The molecule has 0 aliphatic heterocycles. The molecule has 0 atom stereocenters. The van der Waals surface area contributed by atoms with Gasteiger partial charge in [-0.2, -0.15) is 0 Å². The molecule has 0 radical (unpaired) electrons. The van der Waals surface area contributed by atoms with E-state index in [0.717, 1.165) is 37.1 Å². The summed E-state index contributed by atoms with van der Waals surface area (Å²) in [6, 6.07) is 7.74. The molecule has 108 valence electrons. The molecule has 0 bridgehead atoms. The zero-order valence-corrected chi connectivity index (χ0v) is 12.8. The Balaban J connectivity index is 2.12. The van der Waals surface area contributed by atoms with Crippen LogP contribution in [0, 0.1) is 5.41 Å². The van der Waals surface area contributed by atoms with Crippen LogP contribution in [0.15, 0.2) is 24.3 Å². The van der Waals surface area contributed by atoms with Crippen molar-refractivity contribution in [3.63, 3.8) is 0 Å². The van der Waals surface area contributed by atoms with Crippen molar-refractivity contribution in [3.8, 4) is 0 Å². The van der Waals surface area contributed by atoms with Crippen molar-refractivity contribution in [1.82, 2.24) is 0 Å². The van der Waals surface area contributed by atoms with E-state index in [1.165, 1.54) is 0 Å². The van der Waals surface area contributed by atoms with Gasteiger partial charge in [-0.3, -0.25) is 4.79 Å². The maximum atomic E-state index is 12.5. The number of anilines is 2. The molecule has 1 saturated carbocycles. The number of benzene rings is 1. The minimum absolute atomic E-state index is 0.0693. The SMILES string of the molecule is CN(C)c1ccc(NC(=O)C2(C(N)=S)CCCC2)cc1. The number of hydrogen-bond acceptors (Lipinski definition) is 3. The predicted octanol–water partition coefficient (Wildman–Crippen LogP) is 2.54. The van der Waals surface area contributed by atoms with Crippen LogP contribution < -0.4 is 16.0 Å². The largest absolute Gasteiger partial charge is 0.392 e. The van der Waals surface area contributed by atoms with Crippen LogP contribution in [-0.4, -0.2) is 25.0 Å². The molecule has 0 spiro atoms. The van der Waals surface area contributed by atoms with Gasteiger partial charge in [0.05, 0.1) is 10.4 Å². The number of carbonyl (C=O) groups is 1. The summed E-state index contributed by atoms with van der Waals surface area (Å²) in [7, 11) is 3.96. The van der Waals surface area contributed by atoms with E-state index in [9.17, 15) is 4.79 Å². The Morgan fingerprint density at radius 2 is 1.80 bits per heavy atom. The van der Waals surface area contributed by atoms with Crippen LogP contribution in [0.25, 0.3) is 0 Å². The van der Waals surface area contributed by atoms with Gasteiger partial charge in [0.15, 0.2) is 0 Å². The third kappa shape index (κ3) is 2.77. The number of nitrogens with two attached hydrogens (primary N) is 1. The summed E-state index contributed by atoms with van der Waals surface area (Å²) in [5.74, 6) is -0.0693. The van der Waals surface area contributed by atoms with Crippen LogP contribution in [0.4, 0.5) is 11.4 Å². The van der Waals surface area contributed by atoms with E-state index in [1.807, 2.05) is 43.3 Å². The second kappa shape index (κ2) is 5.79. The van der Waals surface area contributed by atoms with Crippen LogP contribution in [-0.2, 0) is 4.79 Å². The van der Waals surface area contributed by atoms with Crippen LogP contribution in [0.1, 0.15) is 25.7 Å². The highest BCUT2D eigenvalue weighted by Crippen LogP contribution is 2.39. The van der Waals surface area contributed by atoms with E-state index in [2.05, 4.69) is 5.32 Å². The molecule has 5 heteroatoms. The highest BCUT2D eigenvalue weighted by atomic mass is 32.1. The molecule has 1 fully saturated rings. The maximum absolute atomic E-state index is 12.5. The lowest BCUT2D eigenvalue weighted by Crippen LogP contribution is -2.43. The smallest absolute Gasteiger partial charge is 0.237 e. The Morgan fingerprint density at radius 3 is 2.25 bits per heavy atom. The fourth-order valence-corrected chi connectivity index (χ4v) is 2.95. The third-order valence-electron chi connectivity index (χ3n) is 4.00. The number of rotatable bonds is 4. The first kappa shape index (κ1) is 14.8. The van der Waals surface area contributed by atoms with Crippen molar-refractivity contribution in [3.05, 3.63) is 24.3 Å². The molecule has 0 saturated heterocycles. The normalized spacial score (nSPS) is 16.7. The summed E-state index contributed by atoms with van der Waals surface area (Å²) in [6.07, 6.45) is 3.52. The fourth-order valence-electron chi connectivity index (χ4n) is 2.66. The van der Waals surface area contributed by atoms with Crippen molar-refractivity contribution in [2.75, 3.05) is 24.3 Å². The summed E-state index contributed by atoms with van der Waals surface area (Å²) < 4.78 is 0. The molecular formula is C15H21N3OS. The van der Waals surface area contributed by atoms with E-state index in [0.29, 0.717) is 4.99 Å². The Hall–Kier alpha value is -1.62. The lowest BCUT2D eigenvalue weighted by molar-refractivity contribution is -0.122. The van der Waals surface area contributed by atoms with Gasteiger partial charge >= 0.3 is 0 Å². The third-order valence-corrected chi connectivity index (χ3v) is 4.40. The second-order valence-corrected chi connectivity index (χ2v) is 5.99. The summed E-state index contributed by atoms with van der Waals surface area (Å²) in [4.78, 5) is 14.8. The van der Waals surface area contributed by atoms with Gasteiger partial charge in [-0.15, -0.1) is 0 Å². The lowest BCUT2D eigenvalue weighted by atomic mass is 9.85. The van der Waals surface area contributed by atoms with Crippen LogP contribution in [0.5, 0.6) is 0 Å². The van der Waals surface area contributed by atoms with Crippen molar-refractivity contribution in [1.29, 1.82) is 0 Å². The number of amides is 1. The summed E-state index contributed by atoms with van der Waals surface area (Å²) >= 11 is 5.13. The minimum atomic E-state index is -0.657.